The molecule has 102 valence electrons. The molecule has 1 N–H and O–H groups in total. The monoisotopic (exact) mass is 290 g/mol. The van der Waals surface area contributed by atoms with Crippen molar-refractivity contribution >= 4 is 23.4 Å². The first-order chi connectivity index (χ1) is 9.49. The van der Waals surface area contributed by atoms with Crippen LogP contribution in [0.3, 0.4) is 0 Å². The van der Waals surface area contributed by atoms with E-state index in [1.165, 1.54) is 0 Å². The lowest BCUT2D eigenvalue weighted by atomic mass is 10.2. The van der Waals surface area contributed by atoms with Crippen molar-refractivity contribution in [3.05, 3.63) is 57.8 Å². The summed E-state index contributed by atoms with van der Waals surface area (Å²) in [6.07, 6.45) is 1.12. The van der Waals surface area contributed by atoms with E-state index in [-0.39, 0.29) is 16.3 Å². The highest BCUT2D eigenvalue weighted by molar-refractivity contribution is 7.99. The number of aromatic nitrogens is 1. The van der Waals surface area contributed by atoms with Crippen LogP contribution in [0.2, 0.25) is 0 Å². The molecule has 0 radical (unpaired) electrons. The maximum Gasteiger partial charge on any atom is 0.337 e. The lowest BCUT2D eigenvalue weighted by Crippen LogP contribution is -2.01. The molecule has 2 rings (SSSR count). The third-order valence-corrected chi connectivity index (χ3v) is 3.76. The van der Waals surface area contributed by atoms with Gasteiger partial charge < -0.3 is 5.11 Å². The van der Waals surface area contributed by atoms with Gasteiger partial charge in [0.1, 0.15) is 0 Å². The number of aryl methyl sites for hydroxylation is 1. The number of nitrogens with zero attached hydrogens (tertiary/aromatic N) is 2. The number of carboxylic acids is 1. The number of aromatic carboxylic acids is 1. The Hall–Kier alpha value is -2.41. The zero-order chi connectivity index (χ0) is 14.7. The van der Waals surface area contributed by atoms with Crippen molar-refractivity contribution < 1.29 is 14.8 Å². The van der Waals surface area contributed by atoms with E-state index in [2.05, 4.69) is 4.98 Å². The Morgan fingerprint density at radius 2 is 2.10 bits per heavy atom. The summed E-state index contributed by atoms with van der Waals surface area (Å²) >= 11 is 1.14. The van der Waals surface area contributed by atoms with Gasteiger partial charge in [-0.3, -0.25) is 10.1 Å². The summed E-state index contributed by atoms with van der Waals surface area (Å²) in [4.78, 5) is 26.0. The first kappa shape index (κ1) is 14.0. The van der Waals surface area contributed by atoms with Crippen LogP contribution in [0.25, 0.3) is 0 Å². The van der Waals surface area contributed by atoms with Crippen molar-refractivity contribution in [3.8, 4) is 0 Å². The molecule has 1 aromatic carbocycles. The Bertz CT molecular complexity index is 688. The maximum atomic E-state index is 11.0. The Kier molecular flexibility index (Phi) is 3.99. The van der Waals surface area contributed by atoms with Crippen LogP contribution in [-0.2, 0) is 0 Å². The highest BCUT2D eigenvalue weighted by atomic mass is 32.2. The lowest BCUT2D eigenvalue weighted by molar-refractivity contribution is -0.388. The fourth-order valence-corrected chi connectivity index (χ4v) is 2.47. The van der Waals surface area contributed by atoms with Crippen molar-refractivity contribution in [1.29, 1.82) is 0 Å². The molecule has 7 heteroatoms. The molecule has 0 unspecified atom stereocenters. The average molecular weight is 290 g/mol. The minimum Gasteiger partial charge on any atom is -0.478 e. The van der Waals surface area contributed by atoms with Gasteiger partial charge in [0.05, 0.1) is 10.5 Å². The number of hydrogen-bond donors (Lipinski definition) is 1. The molecule has 0 saturated carbocycles. The largest absolute Gasteiger partial charge is 0.478 e. The molecular formula is C13H10N2O4S. The van der Waals surface area contributed by atoms with Gasteiger partial charge in [-0.05, 0) is 18.6 Å². The van der Waals surface area contributed by atoms with Gasteiger partial charge in [0.15, 0.2) is 5.03 Å². The van der Waals surface area contributed by atoms with E-state index in [1.54, 1.807) is 0 Å². The number of nitro groups is 1. The quantitative estimate of drug-likeness (QED) is 0.686. The molecule has 1 aromatic heterocycles. The second-order valence-corrected chi connectivity index (χ2v) is 5.01. The number of benzene rings is 1. The van der Waals surface area contributed by atoms with Crippen LogP contribution in [0, 0.1) is 17.0 Å². The predicted molar refractivity (Wildman–Crippen MR) is 73.2 cm³/mol. The second-order valence-electron chi connectivity index (χ2n) is 3.98. The van der Waals surface area contributed by atoms with Crippen LogP contribution in [0.15, 0.2) is 46.5 Å². The molecule has 0 fully saturated rings. The highest BCUT2D eigenvalue weighted by Crippen LogP contribution is 2.34. The molecule has 0 aliphatic rings. The van der Waals surface area contributed by atoms with Gasteiger partial charge in [0.25, 0.3) is 0 Å². The molecule has 0 aliphatic carbocycles. The standard InChI is InChI=1S/C13H10N2O4S/c1-8-4-2-3-5-11(8)20-12-10(15(18)19)6-9(7-14-12)13(16)17/h2-7H,1H3,(H,16,17). The average Bonchev–Trinajstić information content (AvgIpc) is 2.41. The van der Waals surface area contributed by atoms with Gasteiger partial charge in [-0.25, -0.2) is 9.78 Å². The number of rotatable bonds is 4. The van der Waals surface area contributed by atoms with Crippen molar-refractivity contribution in [2.75, 3.05) is 0 Å². The third kappa shape index (κ3) is 2.94. The molecule has 0 amide bonds. The molecule has 0 saturated heterocycles. The van der Waals surface area contributed by atoms with Crippen LogP contribution in [0.5, 0.6) is 0 Å². The van der Waals surface area contributed by atoms with Crippen LogP contribution < -0.4 is 0 Å². The van der Waals surface area contributed by atoms with E-state index >= 15 is 0 Å². The third-order valence-electron chi connectivity index (χ3n) is 2.58. The van der Waals surface area contributed by atoms with Gasteiger partial charge in [-0.2, -0.15) is 0 Å². The van der Waals surface area contributed by atoms with Gasteiger partial charge in [-0.1, -0.05) is 30.0 Å². The van der Waals surface area contributed by atoms with E-state index < -0.39 is 10.9 Å². The van der Waals surface area contributed by atoms with Crippen molar-refractivity contribution in [2.24, 2.45) is 0 Å². The van der Waals surface area contributed by atoms with E-state index in [0.29, 0.717) is 0 Å². The molecular weight excluding hydrogens is 280 g/mol. The van der Waals surface area contributed by atoms with E-state index in [9.17, 15) is 14.9 Å². The summed E-state index contributed by atoms with van der Waals surface area (Å²) in [6.45, 7) is 1.89. The Labute approximate surface area is 118 Å². The molecule has 2 aromatic rings. The fourth-order valence-electron chi connectivity index (χ4n) is 1.54. The van der Waals surface area contributed by atoms with Gasteiger partial charge in [0, 0.05) is 17.2 Å². The van der Waals surface area contributed by atoms with Crippen LogP contribution in [0.1, 0.15) is 15.9 Å². The summed E-state index contributed by atoms with van der Waals surface area (Å²) in [5, 5.41) is 20.1. The van der Waals surface area contributed by atoms with Crippen molar-refractivity contribution in [3.63, 3.8) is 0 Å². The summed E-state index contributed by atoms with van der Waals surface area (Å²) in [7, 11) is 0. The molecule has 0 atom stereocenters. The number of hydrogen-bond acceptors (Lipinski definition) is 5. The summed E-state index contributed by atoms with van der Waals surface area (Å²) in [6, 6.07) is 8.44. The predicted octanol–water partition coefficient (Wildman–Crippen LogP) is 3.15. The normalized spacial score (nSPS) is 10.2. The molecule has 0 bridgehead atoms. The minimum atomic E-state index is -1.24. The number of carboxylic acid groups (broad SMARTS) is 1. The van der Waals surface area contributed by atoms with Crippen molar-refractivity contribution in [1.82, 2.24) is 4.98 Å². The molecule has 0 spiro atoms. The SMILES string of the molecule is Cc1ccccc1Sc1ncc(C(=O)O)cc1[N+](=O)[O-]. The highest BCUT2D eigenvalue weighted by Gasteiger charge is 2.20. The number of pyridine rings is 1. The topological polar surface area (TPSA) is 93.3 Å². The minimum absolute atomic E-state index is 0.175. The van der Waals surface area contributed by atoms with Crippen molar-refractivity contribution in [2.45, 2.75) is 16.8 Å². The Morgan fingerprint density at radius 1 is 1.40 bits per heavy atom. The number of carbonyl (C=O) groups is 1. The summed E-state index contributed by atoms with van der Waals surface area (Å²) in [5.74, 6) is -1.24. The summed E-state index contributed by atoms with van der Waals surface area (Å²) in [5.41, 5.74) is 0.458. The smallest absolute Gasteiger partial charge is 0.337 e. The van der Waals surface area contributed by atoms with Crippen LogP contribution >= 0.6 is 11.8 Å². The Morgan fingerprint density at radius 3 is 2.70 bits per heavy atom. The second kappa shape index (κ2) is 5.70. The lowest BCUT2D eigenvalue weighted by Gasteiger charge is -2.05. The van der Waals surface area contributed by atoms with E-state index in [4.69, 9.17) is 5.11 Å². The van der Waals surface area contributed by atoms with E-state index in [0.717, 1.165) is 34.5 Å². The first-order valence-corrected chi connectivity index (χ1v) is 6.42. The Balaban J connectivity index is 2.44. The summed E-state index contributed by atoms with van der Waals surface area (Å²) < 4.78 is 0. The van der Waals surface area contributed by atoms with Gasteiger partial charge in [-0.15, -0.1) is 0 Å². The maximum absolute atomic E-state index is 11.0. The molecule has 0 aliphatic heterocycles. The first-order valence-electron chi connectivity index (χ1n) is 5.60. The zero-order valence-corrected chi connectivity index (χ0v) is 11.3. The van der Waals surface area contributed by atoms with Crippen LogP contribution in [-0.4, -0.2) is 21.0 Å². The van der Waals surface area contributed by atoms with E-state index in [1.807, 2.05) is 31.2 Å². The molecule has 6 nitrogen and oxygen atoms in total. The molecule has 20 heavy (non-hydrogen) atoms. The van der Waals surface area contributed by atoms with Gasteiger partial charge in [0.2, 0.25) is 0 Å². The molecule has 1 heterocycles. The zero-order valence-electron chi connectivity index (χ0n) is 10.4. The fraction of sp³-hybridized carbons (Fsp3) is 0.0769. The van der Waals surface area contributed by atoms with Crippen LogP contribution in [0.4, 0.5) is 5.69 Å². The van der Waals surface area contributed by atoms with Gasteiger partial charge >= 0.3 is 11.7 Å².